The summed E-state index contributed by atoms with van der Waals surface area (Å²) < 4.78 is 41.2. The van der Waals surface area contributed by atoms with E-state index in [-0.39, 0.29) is 12.0 Å². The van der Waals surface area contributed by atoms with Gasteiger partial charge in [0, 0.05) is 12.2 Å². The molecule has 2 N–H and O–H groups in total. The second kappa shape index (κ2) is 5.73. The number of halogens is 3. The lowest BCUT2D eigenvalue weighted by molar-refractivity contribution is 0.0995. The van der Waals surface area contributed by atoms with Gasteiger partial charge in [0.05, 0.1) is 5.56 Å². The van der Waals surface area contributed by atoms with Crippen molar-refractivity contribution < 1.29 is 18.0 Å². The zero-order chi connectivity index (χ0) is 14.9. The van der Waals surface area contributed by atoms with Gasteiger partial charge < -0.3 is 10.6 Å². The van der Waals surface area contributed by atoms with Crippen LogP contribution in [-0.2, 0) is 6.42 Å². The first-order valence-electron chi connectivity index (χ1n) is 6.63. The van der Waals surface area contributed by atoms with E-state index in [1.54, 1.807) is 6.92 Å². The van der Waals surface area contributed by atoms with E-state index >= 15 is 0 Å². The van der Waals surface area contributed by atoms with E-state index in [4.69, 9.17) is 5.73 Å². The average Bonchev–Trinajstić information content (AvgIpc) is 2.41. The molecule has 1 fully saturated rings. The molecule has 0 spiro atoms. The van der Waals surface area contributed by atoms with Crippen molar-refractivity contribution in [3.63, 3.8) is 0 Å². The topological polar surface area (TPSA) is 46.3 Å². The van der Waals surface area contributed by atoms with Gasteiger partial charge in [-0.3, -0.25) is 4.79 Å². The molecular formula is C14H17F3N2O. The van der Waals surface area contributed by atoms with Crippen LogP contribution in [0.15, 0.2) is 12.1 Å². The van der Waals surface area contributed by atoms with E-state index in [0.717, 1.165) is 6.07 Å². The number of amides is 1. The highest BCUT2D eigenvalue weighted by molar-refractivity contribution is 5.96. The van der Waals surface area contributed by atoms with Crippen LogP contribution in [0, 0.1) is 5.82 Å². The van der Waals surface area contributed by atoms with Gasteiger partial charge in [-0.25, -0.2) is 13.2 Å². The lowest BCUT2D eigenvalue weighted by atomic mass is 9.98. The zero-order valence-electron chi connectivity index (χ0n) is 11.2. The van der Waals surface area contributed by atoms with Crippen molar-refractivity contribution in [1.82, 2.24) is 0 Å². The van der Waals surface area contributed by atoms with Crippen molar-refractivity contribution in [1.29, 1.82) is 0 Å². The third-order valence-corrected chi connectivity index (χ3v) is 3.62. The van der Waals surface area contributed by atoms with Crippen LogP contribution in [0.3, 0.4) is 0 Å². The van der Waals surface area contributed by atoms with Crippen LogP contribution in [0.1, 0.15) is 35.7 Å². The molecule has 2 rings (SSSR count). The standard InChI is InChI=1S/C14H17F3N2O/c1-2-8-11(6-5-9(15)12(8)14(18)20)19-7-3-4-10(16)13(19)17/h5-6,10,13H,2-4,7H2,1H3,(H2,18,20). The third kappa shape index (κ3) is 2.46. The van der Waals surface area contributed by atoms with Crippen molar-refractivity contribution in [3.05, 3.63) is 29.1 Å². The first kappa shape index (κ1) is 14.7. The van der Waals surface area contributed by atoms with Crippen molar-refractivity contribution in [2.45, 2.75) is 38.7 Å². The average molecular weight is 286 g/mol. The number of anilines is 1. The van der Waals surface area contributed by atoms with E-state index < -0.39 is 24.2 Å². The predicted octanol–water partition coefficient (Wildman–Crippen LogP) is 2.72. The van der Waals surface area contributed by atoms with E-state index in [1.807, 2.05) is 0 Å². The third-order valence-electron chi connectivity index (χ3n) is 3.62. The fourth-order valence-corrected chi connectivity index (χ4v) is 2.67. The minimum Gasteiger partial charge on any atom is -0.365 e. The second-order valence-electron chi connectivity index (χ2n) is 4.86. The predicted molar refractivity (Wildman–Crippen MR) is 70.7 cm³/mol. The molecule has 6 heteroatoms. The molecule has 0 bridgehead atoms. The van der Waals surface area contributed by atoms with Crippen molar-refractivity contribution in [2.75, 3.05) is 11.4 Å². The number of rotatable bonds is 3. The van der Waals surface area contributed by atoms with E-state index in [0.29, 0.717) is 30.6 Å². The normalized spacial score (nSPS) is 22.9. The van der Waals surface area contributed by atoms with Gasteiger partial charge in [0.2, 0.25) is 6.30 Å². The van der Waals surface area contributed by atoms with Crippen LogP contribution < -0.4 is 10.6 Å². The van der Waals surface area contributed by atoms with Crippen LogP contribution in [-0.4, -0.2) is 24.9 Å². The second-order valence-corrected chi connectivity index (χ2v) is 4.86. The fourth-order valence-electron chi connectivity index (χ4n) is 2.67. The van der Waals surface area contributed by atoms with Crippen LogP contribution in [0.2, 0.25) is 0 Å². The summed E-state index contributed by atoms with van der Waals surface area (Å²) in [5.41, 5.74) is 5.62. The fraction of sp³-hybridized carbons (Fsp3) is 0.500. The maximum atomic E-state index is 14.0. The molecule has 3 nitrogen and oxygen atoms in total. The van der Waals surface area contributed by atoms with E-state index in [1.165, 1.54) is 11.0 Å². The van der Waals surface area contributed by atoms with Gasteiger partial charge in [-0.1, -0.05) is 6.92 Å². The van der Waals surface area contributed by atoms with Gasteiger partial charge in [-0.05, 0) is 37.0 Å². The summed E-state index contributed by atoms with van der Waals surface area (Å²) in [7, 11) is 0. The largest absolute Gasteiger partial charge is 0.365 e. The molecule has 20 heavy (non-hydrogen) atoms. The lowest BCUT2D eigenvalue weighted by Crippen LogP contribution is -2.44. The van der Waals surface area contributed by atoms with Crippen LogP contribution >= 0.6 is 0 Å². The van der Waals surface area contributed by atoms with Crippen LogP contribution in [0.4, 0.5) is 18.9 Å². The maximum Gasteiger partial charge on any atom is 0.252 e. The Labute approximate surface area is 115 Å². The summed E-state index contributed by atoms with van der Waals surface area (Å²) >= 11 is 0. The van der Waals surface area contributed by atoms with E-state index in [9.17, 15) is 18.0 Å². The molecule has 1 aromatic rings. The number of hydrogen-bond acceptors (Lipinski definition) is 2. The SMILES string of the molecule is CCc1c(N2CCCC(F)C2F)ccc(F)c1C(N)=O. The molecule has 1 aliphatic rings. The minimum atomic E-state index is -1.78. The number of alkyl halides is 2. The molecule has 2 unspecified atom stereocenters. The van der Waals surface area contributed by atoms with Crippen LogP contribution in [0.5, 0.6) is 0 Å². The quantitative estimate of drug-likeness (QED) is 0.868. The number of nitrogens with zero attached hydrogens (tertiary/aromatic N) is 1. The molecule has 0 saturated carbocycles. The summed E-state index contributed by atoms with van der Waals surface area (Å²) in [5, 5.41) is 0. The molecule has 1 aromatic carbocycles. The molecular weight excluding hydrogens is 269 g/mol. The first-order valence-corrected chi connectivity index (χ1v) is 6.63. The maximum absolute atomic E-state index is 14.0. The molecule has 1 heterocycles. The molecule has 2 atom stereocenters. The monoisotopic (exact) mass is 286 g/mol. The first-order chi connectivity index (χ1) is 9.47. The van der Waals surface area contributed by atoms with Crippen LogP contribution in [0.25, 0.3) is 0 Å². The summed E-state index contributed by atoms with van der Waals surface area (Å²) in [6.07, 6.45) is -2.36. The number of benzene rings is 1. The molecule has 1 aliphatic heterocycles. The lowest BCUT2D eigenvalue weighted by Gasteiger charge is -2.36. The van der Waals surface area contributed by atoms with E-state index in [2.05, 4.69) is 0 Å². The Morgan fingerprint density at radius 1 is 1.45 bits per heavy atom. The van der Waals surface area contributed by atoms with Crippen molar-refractivity contribution in [3.8, 4) is 0 Å². The molecule has 0 radical (unpaired) electrons. The van der Waals surface area contributed by atoms with Gasteiger partial charge in [-0.2, -0.15) is 0 Å². The number of piperidine rings is 1. The summed E-state index contributed by atoms with van der Waals surface area (Å²) in [6.45, 7) is 2.05. The van der Waals surface area contributed by atoms with Gasteiger partial charge in [-0.15, -0.1) is 0 Å². The summed E-state index contributed by atoms with van der Waals surface area (Å²) in [5.74, 6) is -1.63. The molecule has 0 aliphatic carbocycles. The number of nitrogens with two attached hydrogens (primary N) is 1. The number of primary amides is 1. The zero-order valence-corrected chi connectivity index (χ0v) is 11.2. The van der Waals surface area contributed by atoms with Gasteiger partial charge in [0.25, 0.3) is 5.91 Å². The smallest absolute Gasteiger partial charge is 0.252 e. The molecule has 1 amide bonds. The Morgan fingerprint density at radius 2 is 2.15 bits per heavy atom. The number of hydrogen-bond donors (Lipinski definition) is 1. The Balaban J connectivity index is 2.51. The molecule has 1 saturated heterocycles. The number of carbonyl (C=O) groups is 1. The Bertz CT molecular complexity index is 521. The van der Waals surface area contributed by atoms with Crippen molar-refractivity contribution in [2.24, 2.45) is 5.73 Å². The van der Waals surface area contributed by atoms with Gasteiger partial charge in [0.1, 0.15) is 12.0 Å². The summed E-state index contributed by atoms with van der Waals surface area (Å²) in [6, 6.07) is 2.45. The molecule has 0 aromatic heterocycles. The van der Waals surface area contributed by atoms with Crippen molar-refractivity contribution >= 4 is 11.6 Å². The Kier molecular flexibility index (Phi) is 4.20. The number of carbonyl (C=O) groups excluding carboxylic acids is 1. The highest BCUT2D eigenvalue weighted by Crippen LogP contribution is 2.33. The Morgan fingerprint density at radius 3 is 2.75 bits per heavy atom. The molecule has 110 valence electrons. The highest BCUT2D eigenvalue weighted by atomic mass is 19.2. The Hall–Kier alpha value is -1.72. The van der Waals surface area contributed by atoms with Gasteiger partial charge in [0.15, 0.2) is 0 Å². The summed E-state index contributed by atoms with van der Waals surface area (Å²) in [4.78, 5) is 12.6. The van der Waals surface area contributed by atoms with Gasteiger partial charge >= 0.3 is 0 Å². The minimum absolute atomic E-state index is 0.170. The highest BCUT2D eigenvalue weighted by Gasteiger charge is 2.33.